The summed E-state index contributed by atoms with van der Waals surface area (Å²) in [6.45, 7) is 4.76. The molecule has 0 saturated heterocycles. The summed E-state index contributed by atoms with van der Waals surface area (Å²) in [5.74, 6) is -1.33. The quantitative estimate of drug-likeness (QED) is 0.409. The van der Waals surface area contributed by atoms with Gasteiger partial charge in [0.2, 0.25) is 0 Å². The predicted molar refractivity (Wildman–Crippen MR) is 138 cm³/mol. The molecule has 1 atom stereocenters. The van der Waals surface area contributed by atoms with Gasteiger partial charge in [0.25, 0.3) is 5.91 Å². The molecule has 0 unspecified atom stereocenters. The van der Waals surface area contributed by atoms with Crippen LogP contribution in [-0.2, 0) is 9.53 Å². The minimum absolute atomic E-state index is 0.0226. The largest absolute Gasteiger partial charge is 0.510 e. The van der Waals surface area contributed by atoms with Crippen molar-refractivity contribution >= 4 is 50.5 Å². The number of amidine groups is 1. The number of esters is 1. The summed E-state index contributed by atoms with van der Waals surface area (Å²) in [4.78, 5) is 31.0. The zero-order valence-electron chi connectivity index (χ0n) is 20.0. The molecule has 1 amide bonds. The number of thiazole rings is 1. The van der Waals surface area contributed by atoms with Crippen LogP contribution in [0.5, 0.6) is 0 Å². The number of carbonyl (C=O) groups is 2. The third-order valence-electron chi connectivity index (χ3n) is 6.12. The fourth-order valence-corrected chi connectivity index (χ4v) is 4.68. The number of ether oxygens (including phenoxy) is 1. The van der Waals surface area contributed by atoms with Crippen LogP contribution in [0, 0.1) is 22.7 Å². The maximum atomic E-state index is 12.6. The average Bonchev–Trinajstić information content (AvgIpc) is 3.41. The number of amides is 1. The topological polar surface area (TPSA) is 139 Å². The smallest absolute Gasteiger partial charge is 0.338 e. The van der Waals surface area contributed by atoms with Crippen molar-refractivity contribution in [3.8, 4) is 6.07 Å². The molecule has 36 heavy (non-hydrogen) atoms. The Kier molecular flexibility index (Phi) is 6.77. The summed E-state index contributed by atoms with van der Waals surface area (Å²) in [7, 11) is 0. The SMILES string of the molecule is CC(C)[C@@](C)(C#N)NC(=O)COC(=O)c1cccc(N2CC(O)=C(c3nc4ccccc4s3)C2=N)c1. The molecule has 0 spiro atoms. The van der Waals surface area contributed by atoms with Crippen molar-refractivity contribution in [1.82, 2.24) is 10.3 Å². The third kappa shape index (κ3) is 4.78. The van der Waals surface area contributed by atoms with E-state index in [-0.39, 0.29) is 29.6 Å². The Bertz CT molecular complexity index is 1400. The number of hydrogen-bond donors (Lipinski definition) is 3. The Hall–Kier alpha value is -4.23. The van der Waals surface area contributed by atoms with Crippen LogP contribution in [0.4, 0.5) is 5.69 Å². The van der Waals surface area contributed by atoms with Gasteiger partial charge < -0.3 is 20.1 Å². The average molecular weight is 504 g/mol. The van der Waals surface area contributed by atoms with Crippen molar-refractivity contribution in [2.75, 3.05) is 18.1 Å². The van der Waals surface area contributed by atoms with E-state index in [0.29, 0.717) is 16.3 Å². The van der Waals surface area contributed by atoms with Crippen molar-refractivity contribution in [2.24, 2.45) is 5.92 Å². The molecular formula is C26H25N5O4S. The van der Waals surface area contributed by atoms with Crippen molar-refractivity contribution < 1.29 is 19.4 Å². The van der Waals surface area contributed by atoms with Crippen LogP contribution in [0.15, 0.2) is 54.3 Å². The number of anilines is 1. The van der Waals surface area contributed by atoms with Crippen LogP contribution in [0.2, 0.25) is 0 Å². The number of carbonyl (C=O) groups excluding carboxylic acids is 2. The van der Waals surface area contributed by atoms with Gasteiger partial charge in [0, 0.05) is 5.69 Å². The Morgan fingerprint density at radius 1 is 1.31 bits per heavy atom. The lowest BCUT2D eigenvalue weighted by Crippen LogP contribution is -2.50. The van der Waals surface area contributed by atoms with E-state index in [1.807, 2.05) is 38.1 Å². The maximum Gasteiger partial charge on any atom is 0.338 e. The van der Waals surface area contributed by atoms with Crippen molar-refractivity contribution in [1.29, 1.82) is 10.7 Å². The first-order valence-electron chi connectivity index (χ1n) is 11.3. The van der Waals surface area contributed by atoms with Crippen LogP contribution >= 0.6 is 11.3 Å². The van der Waals surface area contributed by atoms with Crippen LogP contribution in [0.25, 0.3) is 15.8 Å². The van der Waals surface area contributed by atoms with Gasteiger partial charge in [0.1, 0.15) is 22.1 Å². The number of aliphatic hydroxyl groups is 1. The summed E-state index contributed by atoms with van der Waals surface area (Å²) in [6, 6.07) is 16.1. The zero-order valence-corrected chi connectivity index (χ0v) is 20.8. The molecule has 3 N–H and O–H groups in total. The Morgan fingerprint density at radius 3 is 2.75 bits per heavy atom. The molecular weight excluding hydrogens is 478 g/mol. The van der Waals surface area contributed by atoms with Gasteiger partial charge in [-0.1, -0.05) is 32.0 Å². The first-order chi connectivity index (χ1) is 17.1. The third-order valence-corrected chi connectivity index (χ3v) is 7.18. The van der Waals surface area contributed by atoms with E-state index >= 15 is 0 Å². The number of rotatable bonds is 7. The predicted octanol–water partition coefficient (Wildman–Crippen LogP) is 4.27. The first kappa shape index (κ1) is 24.9. The fraction of sp³-hybridized carbons (Fsp3) is 0.269. The molecule has 0 bridgehead atoms. The van der Waals surface area contributed by atoms with Crippen LogP contribution in [0.1, 0.15) is 36.1 Å². The molecule has 9 nitrogen and oxygen atoms in total. The number of nitrogens with one attached hydrogen (secondary N) is 2. The summed E-state index contributed by atoms with van der Waals surface area (Å²) in [6.07, 6.45) is 0. The van der Waals surface area contributed by atoms with E-state index in [1.165, 1.54) is 17.4 Å². The Labute approximate surface area is 212 Å². The highest BCUT2D eigenvalue weighted by molar-refractivity contribution is 7.19. The molecule has 2 aromatic carbocycles. The Balaban J connectivity index is 1.45. The molecule has 0 saturated carbocycles. The van der Waals surface area contributed by atoms with Gasteiger partial charge in [0.05, 0.1) is 34.0 Å². The molecule has 0 radical (unpaired) electrons. The van der Waals surface area contributed by atoms with Crippen LogP contribution in [0.3, 0.4) is 0 Å². The molecule has 1 aromatic heterocycles. The lowest BCUT2D eigenvalue weighted by molar-refractivity contribution is -0.125. The highest BCUT2D eigenvalue weighted by atomic mass is 32.1. The second kappa shape index (κ2) is 9.79. The number of aromatic nitrogens is 1. The van der Waals surface area contributed by atoms with Crippen molar-refractivity contribution in [3.05, 3.63) is 64.9 Å². The van der Waals surface area contributed by atoms with Crippen LogP contribution < -0.4 is 10.2 Å². The number of fused-ring (bicyclic) bond motifs is 1. The van der Waals surface area contributed by atoms with Crippen molar-refractivity contribution in [2.45, 2.75) is 26.3 Å². The van der Waals surface area contributed by atoms with Gasteiger partial charge >= 0.3 is 5.97 Å². The number of hydrogen-bond acceptors (Lipinski definition) is 8. The molecule has 4 rings (SSSR count). The summed E-state index contributed by atoms with van der Waals surface area (Å²) < 4.78 is 6.10. The summed E-state index contributed by atoms with van der Waals surface area (Å²) in [5, 5.41) is 31.8. The van der Waals surface area contributed by atoms with Gasteiger partial charge in [-0.05, 0) is 43.2 Å². The maximum absolute atomic E-state index is 12.6. The number of aliphatic hydroxyl groups excluding tert-OH is 1. The van der Waals surface area contributed by atoms with E-state index in [1.54, 1.807) is 30.0 Å². The second-order valence-corrected chi connectivity index (χ2v) is 9.92. The van der Waals surface area contributed by atoms with E-state index in [2.05, 4.69) is 16.4 Å². The molecule has 10 heteroatoms. The van der Waals surface area contributed by atoms with Gasteiger partial charge in [-0.2, -0.15) is 5.26 Å². The molecule has 0 aliphatic carbocycles. The normalized spacial score (nSPS) is 15.2. The highest BCUT2D eigenvalue weighted by Gasteiger charge is 2.32. The van der Waals surface area contributed by atoms with E-state index in [0.717, 1.165) is 10.2 Å². The molecule has 1 aliphatic rings. The highest BCUT2D eigenvalue weighted by Crippen LogP contribution is 2.35. The van der Waals surface area contributed by atoms with E-state index in [9.17, 15) is 20.0 Å². The van der Waals surface area contributed by atoms with Crippen molar-refractivity contribution in [3.63, 3.8) is 0 Å². The minimum Gasteiger partial charge on any atom is -0.510 e. The molecule has 0 fully saturated rings. The Morgan fingerprint density at radius 2 is 2.06 bits per heavy atom. The molecule has 184 valence electrons. The number of nitrogens with zero attached hydrogens (tertiary/aromatic N) is 3. The zero-order chi connectivity index (χ0) is 26.0. The molecule has 3 aromatic rings. The fourth-order valence-electron chi connectivity index (χ4n) is 3.65. The lowest BCUT2D eigenvalue weighted by Gasteiger charge is -2.27. The second-order valence-electron chi connectivity index (χ2n) is 8.89. The van der Waals surface area contributed by atoms with Gasteiger partial charge in [-0.3, -0.25) is 10.2 Å². The summed E-state index contributed by atoms with van der Waals surface area (Å²) in [5.41, 5.74) is 0.773. The van der Waals surface area contributed by atoms with Crippen LogP contribution in [-0.4, -0.2) is 46.5 Å². The lowest BCUT2D eigenvalue weighted by atomic mass is 9.90. The monoisotopic (exact) mass is 503 g/mol. The number of benzene rings is 2. The minimum atomic E-state index is -1.07. The van der Waals surface area contributed by atoms with E-state index in [4.69, 9.17) is 10.1 Å². The van der Waals surface area contributed by atoms with Gasteiger partial charge in [0.15, 0.2) is 6.61 Å². The molecule has 2 heterocycles. The summed E-state index contributed by atoms with van der Waals surface area (Å²) >= 11 is 1.40. The van der Waals surface area contributed by atoms with Gasteiger partial charge in [-0.25, -0.2) is 9.78 Å². The number of para-hydroxylation sites is 1. The standard InChI is InChI=1S/C26H25N5O4S/c1-15(2)26(3,14-27)30-21(33)13-35-25(34)16-7-6-8-17(11-16)31-12-19(32)22(23(31)28)24-29-18-9-4-5-10-20(18)36-24/h4-11,15,28,32H,12-13H2,1-3H3,(H,30,33)/t26-/m1/s1. The van der Waals surface area contributed by atoms with E-state index < -0.39 is 24.0 Å². The molecule has 1 aliphatic heterocycles. The first-order valence-corrected chi connectivity index (χ1v) is 12.1. The van der Waals surface area contributed by atoms with Gasteiger partial charge in [-0.15, -0.1) is 11.3 Å². The number of nitriles is 1.